The standard InChI is InChI=1S/C16H18N2O2/c1-12(15-5-3-4-10-17-15)18-11-13-6-8-14(9-7-13)16(19)20-2/h3-10,12,18H,11H2,1-2H3/t12-/m1/s1. The lowest BCUT2D eigenvalue weighted by atomic mass is 10.1. The van der Waals surface area contributed by atoms with E-state index in [9.17, 15) is 4.79 Å². The monoisotopic (exact) mass is 270 g/mol. The Balaban J connectivity index is 1.93. The number of hydrogen-bond donors (Lipinski definition) is 1. The number of carbonyl (C=O) groups is 1. The average Bonchev–Trinajstić information content (AvgIpc) is 2.53. The van der Waals surface area contributed by atoms with E-state index in [0.717, 1.165) is 17.8 Å². The zero-order valence-electron chi connectivity index (χ0n) is 11.7. The second-order valence-electron chi connectivity index (χ2n) is 4.55. The molecule has 4 heteroatoms. The van der Waals surface area contributed by atoms with Crippen LogP contribution in [0.25, 0.3) is 0 Å². The largest absolute Gasteiger partial charge is 0.465 e. The zero-order chi connectivity index (χ0) is 14.4. The molecule has 4 nitrogen and oxygen atoms in total. The number of hydrogen-bond acceptors (Lipinski definition) is 4. The Morgan fingerprint density at radius 2 is 2.00 bits per heavy atom. The molecule has 0 aliphatic rings. The SMILES string of the molecule is COC(=O)c1ccc(CN[C@H](C)c2ccccn2)cc1. The maximum atomic E-state index is 11.3. The summed E-state index contributed by atoms with van der Waals surface area (Å²) in [5.41, 5.74) is 2.69. The van der Waals surface area contributed by atoms with Crippen molar-refractivity contribution in [2.24, 2.45) is 0 Å². The summed E-state index contributed by atoms with van der Waals surface area (Å²) in [6.45, 7) is 2.80. The summed E-state index contributed by atoms with van der Waals surface area (Å²) >= 11 is 0. The first-order chi connectivity index (χ1) is 9.70. The lowest BCUT2D eigenvalue weighted by Gasteiger charge is -2.13. The molecule has 0 fully saturated rings. The molecule has 1 atom stereocenters. The van der Waals surface area contributed by atoms with Gasteiger partial charge in [0.05, 0.1) is 18.4 Å². The molecule has 0 saturated carbocycles. The molecule has 0 aliphatic heterocycles. The van der Waals surface area contributed by atoms with Crippen LogP contribution in [0.1, 0.15) is 34.6 Å². The highest BCUT2D eigenvalue weighted by Gasteiger charge is 2.07. The van der Waals surface area contributed by atoms with E-state index >= 15 is 0 Å². The van der Waals surface area contributed by atoms with Crippen molar-refractivity contribution >= 4 is 5.97 Å². The molecule has 0 amide bonds. The molecule has 20 heavy (non-hydrogen) atoms. The van der Waals surface area contributed by atoms with Gasteiger partial charge in [-0.3, -0.25) is 4.98 Å². The van der Waals surface area contributed by atoms with Gasteiger partial charge in [0.1, 0.15) is 0 Å². The number of nitrogens with one attached hydrogen (secondary N) is 1. The lowest BCUT2D eigenvalue weighted by molar-refractivity contribution is 0.0600. The smallest absolute Gasteiger partial charge is 0.337 e. The normalized spacial score (nSPS) is 11.9. The third kappa shape index (κ3) is 3.65. The molecule has 0 spiro atoms. The lowest BCUT2D eigenvalue weighted by Crippen LogP contribution is -2.19. The summed E-state index contributed by atoms with van der Waals surface area (Å²) in [7, 11) is 1.38. The minimum atomic E-state index is -0.314. The van der Waals surface area contributed by atoms with E-state index in [1.165, 1.54) is 7.11 Å². The van der Waals surface area contributed by atoms with Crippen LogP contribution in [0.4, 0.5) is 0 Å². The summed E-state index contributed by atoms with van der Waals surface area (Å²) < 4.78 is 4.67. The zero-order valence-corrected chi connectivity index (χ0v) is 11.7. The van der Waals surface area contributed by atoms with Crippen LogP contribution in [0.2, 0.25) is 0 Å². The van der Waals surface area contributed by atoms with Gasteiger partial charge >= 0.3 is 5.97 Å². The molecular weight excluding hydrogens is 252 g/mol. The van der Waals surface area contributed by atoms with Gasteiger partial charge in [-0.05, 0) is 36.8 Å². The minimum absolute atomic E-state index is 0.177. The summed E-state index contributed by atoms with van der Waals surface area (Å²) in [6.07, 6.45) is 1.79. The van der Waals surface area contributed by atoms with Gasteiger partial charge in [-0.25, -0.2) is 4.79 Å². The topological polar surface area (TPSA) is 51.2 Å². The fraction of sp³-hybridized carbons (Fsp3) is 0.250. The van der Waals surface area contributed by atoms with E-state index in [4.69, 9.17) is 0 Å². The van der Waals surface area contributed by atoms with Gasteiger partial charge in [0.2, 0.25) is 0 Å². The van der Waals surface area contributed by atoms with Crippen molar-refractivity contribution in [2.45, 2.75) is 19.5 Å². The van der Waals surface area contributed by atoms with E-state index in [1.54, 1.807) is 18.3 Å². The molecule has 1 N–H and O–H groups in total. The molecular formula is C16H18N2O2. The van der Waals surface area contributed by atoms with Crippen LogP contribution in [0.5, 0.6) is 0 Å². The van der Waals surface area contributed by atoms with Crippen LogP contribution >= 0.6 is 0 Å². The number of nitrogens with zero attached hydrogens (tertiary/aromatic N) is 1. The van der Waals surface area contributed by atoms with Gasteiger partial charge in [0.15, 0.2) is 0 Å². The molecule has 2 aromatic rings. The molecule has 0 unspecified atom stereocenters. The fourth-order valence-electron chi connectivity index (χ4n) is 1.88. The summed E-state index contributed by atoms with van der Waals surface area (Å²) in [5.74, 6) is -0.314. The Kier molecular flexibility index (Phi) is 4.85. The number of ether oxygens (including phenoxy) is 1. The van der Waals surface area contributed by atoms with E-state index in [-0.39, 0.29) is 12.0 Å². The highest BCUT2D eigenvalue weighted by molar-refractivity contribution is 5.89. The molecule has 1 aromatic carbocycles. The Morgan fingerprint density at radius 3 is 2.60 bits per heavy atom. The number of esters is 1. The number of rotatable bonds is 5. The molecule has 0 saturated heterocycles. The van der Waals surface area contributed by atoms with E-state index < -0.39 is 0 Å². The molecule has 104 valence electrons. The highest BCUT2D eigenvalue weighted by atomic mass is 16.5. The van der Waals surface area contributed by atoms with Crippen LogP contribution < -0.4 is 5.32 Å². The first-order valence-corrected chi connectivity index (χ1v) is 6.52. The van der Waals surface area contributed by atoms with Crippen LogP contribution in [0, 0.1) is 0 Å². The first-order valence-electron chi connectivity index (χ1n) is 6.52. The van der Waals surface area contributed by atoms with Crippen molar-refractivity contribution in [2.75, 3.05) is 7.11 Å². The number of benzene rings is 1. The van der Waals surface area contributed by atoms with Crippen LogP contribution in [0.3, 0.4) is 0 Å². The number of aromatic nitrogens is 1. The number of methoxy groups -OCH3 is 1. The van der Waals surface area contributed by atoms with Gasteiger partial charge in [-0.1, -0.05) is 18.2 Å². The third-order valence-corrected chi connectivity index (χ3v) is 3.12. The Morgan fingerprint density at radius 1 is 1.25 bits per heavy atom. The molecule has 1 heterocycles. The second kappa shape index (κ2) is 6.82. The van der Waals surface area contributed by atoms with Gasteiger partial charge < -0.3 is 10.1 Å². The molecule has 0 bridgehead atoms. The van der Waals surface area contributed by atoms with E-state index in [0.29, 0.717) is 5.56 Å². The summed E-state index contributed by atoms with van der Waals surface area (Å²) in [4.78, 5) is 15.6. The van der Waals surface area contributed by atoms with Crippen molar-refractivity contribution < 1.29 is 9.53 Å². The van der Waals surface area contributed by atoms with Crippen LogP contribution in [0.15, 0.2) is 48.7 Å². The van der Waals surface area contributed by atoms with Crippen molar-refractivity contribution in [1.82, 2.24) is 10.3 Å². The van der Waals surface area contributed by atoms with Gasteiger partial charge in [-0.2, -0.15) is 0 Å². The second-order valence-corrected chi connectivity index (χ2v) is 4.55. The van der Waals surface area contributed by atoms with Crippen molar-refractivity contribution in [3.05, 3.63) is 65.5 Å². The van der Waals surface area contributed by atoms with Crippen LogP contribution in [-0.4, -0.2) is 18.1 Å². The Bertz CT molecular complexity index is 552. The minimum Gasteiger partial charge on any atom is -0.465 e. The fourth-order valence-corrected chi connectivity index (χ4v) is 1.88. The Hall–Kier alpha value is -2.20. The van der Waals surface area contributed by atoms with E-state index in [1.807, 2.05) is 30.3 Å². The Labute approximate surface area is 118 Å². The van der Waals surface area contributed by atoms with Gasteiger partial charge in [0, 0.05) is 18.8 Å². The number of carbonyl (C=O) groups excluding carboxylic acids is 1. The van der Waals surface area contributed by atoms with Crippen LogP contribution in [-0.2, 0) is 11.3 Å². The third-order valence-electron chi connectivity index (χ3n) is 3.12. The molecule has 0 aliphatic carbocycles. The summed E-state index contributed by atoms with van der Waals surface area (Å²) in [6, 6.07) is 13.4. The first kappa shape index (κ1) is 14.2. The average molecular weight is 270 g/mol. The maximum Gasteiger partial charge on any atom is 0.337 e. The van der Waals surface area contributed by atoms with Crippen molar-refractivity contribution in [1.29, 1.82) is 0 Å². The molecule has 1 aromatic heterocycles. The summed E-state index contributed by atoms with van der Waals surface area (Å²) in [5, 5.41) is 3.40. The predicted octanol–water partition coefficient (Wildman–Crippen LogP) is 2.72. The molecule has 2 rings (SSSR count). The number of pyridine rings is 1. The quantitative estimate of drug-likeness (QED) is 0.849. The molecule has 0 radical (unpaired) electrons. The van der Waals surface area contributed by atoms with Crippen molar-refractivity contribution in [3.63, 3.8) is 0 Å². The van der Waals surface area contributed by atoms with Gasteiger partial charge in [0.25, 0.3) is 0 Å². The van der Waals surface area contributed by atoms with Crippen molar-refractivity contribution in [3.8, 4) is 0 Å². The maximum absolute atomic E-state index is 11.3. The predicted molar refractivity (Wildman–Crippen MR) is 77.3 cm³/mol. The highest BCUT2D eigenvalue weighted by Crippen LogP contribution is 2.10. The van der Waals surface area contributed by atoms with Gasteiger partial charge in [-0.15, -0.1) is 0 Å². The van der Waals surface area contributed by atoms with E-state index in [2.05, 4.69) is 22.0 Å².